The van der Waals surface area contributed by atoms with Crippen LogP contribution in [0.5, 0.6) is 5.75 Å². The Bertz CT molecular complexity index is 1470. The van der Waals surface area contributed by atoms with Crippen LogP contribution >= 0.6 is 23.4 Å². The number of aromatic nitrogens is 2. The fourth-order valence-corrected chi connectivity index (χ4v) is 5.72. The first-order valence-corrected chi connectivity index (χ1v) is 12.6. The number of amides is 1. The van der Waals surface area contributed by atoms with Gasteiger partial charge in [0.25, 0.3) is 10.0 Å². The first kappa shape index (κ1) is 24.9. The van der Waals surface area contributed by atoms with Gasteiger partial charge in [0, 0.05) is 10.7 Å². The van der Waals surface area contributed by atoms with Crippen LogP contribution in [0, 0.1) is 0 Å². The van der Waals surface area contributed by atoms with E-state index in [2.05, 4.69) is 15.0 Å². The smallest absolute Gasteiger partial charge is 0.406 e. The van der Waals surface area contributed by atoms with Crippen molar-refractivity contribution in [1.82, 2.24) is 8.96 Å². The number of benzene rings is 3. The predicted molar refractivity (Wildman–Crippen MR) is 126 cm³/mol. The Morgan fingerprint density at radius 1 is 1.03 bits per heavy atom. The molecule has 0 atom stereocenters. The Balaban J connectivity index is 1.54. The van der Waals surface area contributed by atoms with Crippen molar-refractivity contribution in [3.8, 4) is 5.75 Å². The maximum atomic E-state index is 13.4. The number of para-hydroxylation sites is 2. The maximum absolute atomic E-state index is 13.4. The van der Waals surface area contributed by atoms with Crippen LogP contribution in [0.1, 0.15) is 0 Å². The summed E-state index contributed by atoms with van der Waals surface area (Å²) in [6, 6.07) is 16.9. The number of hydrogen-bond donors (Lipinski definition) is 1. The van der Waals surface area contributed by atoms with Gasteiger partial charge in [-0.2, -0.15) is 0 Å². The fourth-order valence-electron chi connectivity index (χ4n) is 3.08. The van der Waals surface area contributed by atoms with Gasteiger partial charge >= 0.3 is 6.36 Å². The van der Waals surface area contributed by atoms with Gasteiger partial charge in [-0.3, -0.25) is 4.79 Å². The summed E-state index contributed by atoms with van der Waals surface area (Å²) < 4.78 is 68.5. The molecular formula is C22H15ClF3N3O4S2. The Morgan fingerprint density at radius 2 is 1.69 bits per heavy atom. The molecule has 0 fully saturated rings. The molecular weight excluding hydrogens is 527 g/mol. The zero-order chi connectivity index (χ0) is 25.2. The number of alkyl halides is 3. The van der Waals surface area contributed by atoms with E-state index in [1.807, 2.05) is 0 Å². The van der Waals surface area contributed by atoms with E-state index in [9.17, 15) is 26.4 Å². The van der Waals surface area contributed by atoms with E-state index >= 15 is 0 Å². The Kier molecular flexibility index (Phi) is 6.97. The van der Waals surface area contributed by atoms with E-state index in [1.54, 1.807) is 24.3 Å². The van der Waals surface area contributed by atoms with Crippen molar-refractivity contribution < 1.29 is 31.1 Å². The molecule has 0 radical (unpaired) electrons. The average Bonchev–Trinajstić information content (AvgIpc) is 3.18. The maximum Gasteiger partial charge on any atom is 0.573 e. The van der Waals surface area contributed by atoms with Gasteiger partial charge in [-0.1, -0.05) is 35.5 Å². The summed E-state index contributed by atoms with van der Waals surface area (Å²) in [5, 5.41) is 2.99. The Labute approximate surface area is 206 Å². The minimum absolute atomic E-state index is 0.00230. The summed E-state index contributed by atoms with van der Waals surface area (Å²) in [5.74, 6) is -1.15. The molecule has 0 bridgehead atoms. The van der Waals surface area contributed by atoms with Crippen molar-refractivity contribution in [2.45, 2.75) is 16.4 Å². The standard InChI is InChI=1S/C22H15ClF3N3O4S2/c23-14-5-11-17(12-6-14)35(31,32)29-19-4-2-1-3-18(19)28-21(29)34-13-20(30)27-15-7-9-16(10-8-15)33-22(24,25)26/h1-12H,13H2,(H,27,30). The number of nitrogens with one attached hydrogen (secondary N) is 1. The van der Waals surface area contributed by atoms with Crippen molar-refractivity contribution in [1.29, 1.82) is 0 Å². The molecule has 0 unspecified atom stereocenters. The van der Waals surface area contributed by atoms with E-state index in [0.29, 0.717) is 16.1 Å². The van der Waals surface area contributed by atoms with E-state index in [-0.39, 0.29) is 21.5 Å². The minimum atomic E-state index is -4.82. The molecule has 182 valence electrons. The summed E-state index contributed by atoms with van der Waals surface area (Å²) in [6.07, 6.45) is -4.82. The molecule has 1 N–H and O–H groups in total. The second-order valence-corrected chi connectivity index (χ2v) is 10.2. The average molecular weight is 542 g/mol. The quantitative estimate of drug-likeness (QED) is 0.308. The van der Waals surface area contributed by atoms with Crippen molar-refractivity contribution in [2.75, 3.05) is 11.1 Å². The van der Waals surface area contributed by atoms with Crippen molar-refractivity contribution in [3.63, 3.8) is 0 Å². The molecule has 35 heavy (non-hydrogen) atoms. The van der Waals surface area contributed by atoms with Crippen LogP contribution in [0.3, 0.4) is 0 Å². The highest BCUT2D eigenvalue weighted by molar-refractivity contribution is 8.00. The Morgan fingerprint density at radius 3 is 2.34 bits per heavy atom. The largest absolute Gasteiger partial charge is 0.573 e. The second-order valence-electron chi connectivity index (χ2n) is 7.02. The molecule has 4 rings (SSSR count). The molecule has 0 spiro atoms. The van der Waals surface area contributed by atoms with E-state index in [0.717, 1.165) is 27.9 Å². The van der Waals surface area contributed by atoms with Gasteiger partial charge in [0.05, 0.1) is 21.7 Å². The summed E-state index contributed by atoms with van der Waals surface area (Å²) in [7, 11) is -4.06. The predicted octanol–water partition coefficient (Wildman–Crippen LogP) is 5.56. The van der Waals surface area contributed by atoms with Gasteiger partial charge < -0.3 is 10.1 Å². The van der Waals surface area contributed by atoms with Crippen LogP contribution < -0.4 is 10.1 Å². The highest BCUT2D eigenvalue weighted by atomic mass is 35.5. The third kappa shape index (κ3) is 5.89. The molecule has 0 saturated heterocycles. The van der Waals surface area contributed by atoms with Gasteiger partial charge in [-0.15, -0.1) is 13.2 Å². The monoisotopic (exact) mass is 541 g/mol. The lowest BCUT2D eigenvalue weighted by molar-refractivity contribution is -0.274. The van der Waals surface area contributed by atoms with Crippen LogP contribution in [0.4, 0.5) is 18.9 Å². The highest BCUT2D eigenvalue weighted by Crippen LogP contribution is 2.30. The summed E-state index contributed by atoms with van der Waals surface area (Å²) >= 11 is 6.78. The van der Waals surface area contributed by atoms with E-state index in [1.165, 1.54) is 36.4 Å². The lowest BCUT2D eigenvalue weighted by atomic mass is 10.3. The molecule has 1 heterocycles. The van der Waals surface area contributed by atoms with Crippen molar-refractivity contribution >= 4 is 56.0 Å². The minimum Gasteiger partial charge on any atom is -0.406 e. The molecule has 1 amide bonds. The third-order valence-corrected chi connectivity index (χ3v) is 7.57. The van der Waals surface area contributed by atoms with Crippen LogP contribution in [0.2, 0.25) is 5.02 Å². The van der Waals surface area contributed by atoms with Gasteiger partial charge in [0.1, 0.15) is 5.75 Å². The lowest BCUT2D eigenvalue weighted by Crippen LogP contribution is -2.18. The number of fused-ring (bicyclic) bond motifs is 1. The molecule has 0 aliphatic carbocycles. The number of hydrogen-bond acceptors (Lipinski definition) is 6. The molecule has 3 aromatic carbocycles. The van der Waals surface area contributed by atoms with Crippen LogP contribution in [0.15, 0.2) is 82.8 Å². The molecule has 7 nitrogen and oxygen atoms in total. The highest BCUT2D eigenvalue weighted by Gasteiger charge is 2.31. The van der Waals surface area contributed by atoms with Crippen LogP contribution in [-0.4, -0.2) is 35.4 Å². The van der Waals surface area contributed by atoms with Crippen molar-refractivity contribution in [2.24, 2.45) is 0 Å². The zero-order valence-corrected chi connectivity index (χ0v) is 19.9. The van der Waals surface area contributed by atoms with Crippen LogP contribution in [-0.2, 0) is 14.8 Å². The second kappa shape index (κ2) is 9.80. The van der Waals surface area contributed by atoms with Gasteiger partial charge in [-0.25, -0.2) is 17.4 Å². The lowest BCUT2D eigenvalue weighted by Gasteiger charge is -2.11. The number of thioether (sulfide) groups is 1. The number of carbonyl (C=O) groups is 1. The van der Waals surface area contributed by atoms with Crippen LogP contribution in [0.25, 0.3) is 11.0 Å². The third-order valence-electron chi connectivity index (χ3n) is 4.55. The number of rotatable bonds is 7. The SMILES string of the molecule is O=C(CSc1nc2ccccc2n1S(=O)(=O)c1ccc(Cl)cc1)Nc1ccc(OC(F)(F)F)cc1. The summed E-state index contributed by atoms with van der Waals surface area (Å²) in [5.41, 5.74) is 1.01. The first-order valence-electron chi connectivity index (χ1n) is 9.80. The number of carbonyl (C=O) groups excluding carboxylic acids is 1. The molecule has 4 aromatic rings. The number of imidazole rings is 1. The molecule has 0 aliphatic rings. The van der Waals surface area contributed by atoms with E-state index < -0.39 is 28.0 Å². The summed E-state index contributed by atoms with van der Waals surface area (Å²) in [6.45, 7) is 0. The molecule has 0 saturated carbocycles. The normalized spacial score (nSPS) is 12.0. The number of anilines is 1. The number of ether oxygens (including phenoxy) is 1. The number of nitrogens with zero attached hydrogens (tertiary/aromatic N) is 2. The topological polar surface area (TPSA) is 90.3 Å². The number of halogens is 4. The first-order chi connectivity index (χ1) is 16.5. The van der Waals surface area contributed by atoms with E-state index in [4.69, 9.17) is 11.6 Å². The van der Waals surface area contributed by atoms with Gasteiger partial charge in [0.15, 0.2) is 5.16 Å². The molecule has 1 aromatic heterocycles. The summed E-state index contributed by atoms with van der Waals surface area (Å²) in [4.78, 5) is 16.8. The zero-order valence-electron chi connectivity index (χ0n) is 17.5. The van der Waals surface area contributed by atoms with Gasteiger partial charge in [-0.05, 0) is 60.7 Å². The van der Waals surface area contributed by atoms with Gasteiger partial charge in [0.2, 0.25) is 5.91 Å². The molecule has 0 aliphatic heterocycles. The molecule has 13 heteroatoms. The Hall–Kier alpha value is -3.22. The fraction of sp³-hybridized carbons (Fsp3) is 0.0909. The van der Waals surface area contributed by atoms with Crippen molar-refractivity contribution in [3.05, 3.63) is 77.8 Å².